The van der Waals surface area contributed by atoms with Crippen molar-refractivity contribution < 1.29 is 13.5 Å². The van der Waals surface area contributed by atoms with E-state index in [4.69, 9.17) is 16.2 Å². The Labute approximate surface area is 240 Å². The van der Waals surface area contributed by atoms with Crippen molar-refractivity contribution in [1.29, 1.82) is 0 Å². The Kier molecular flexibility index (Phi) is 8.62. The first-order valence-corrected chi connectivity index (χ1v) is 13.4. The summed E-state index contributed by atoms with van der Waals surface area (Å²) in [6, 6.07) is 12.8. The van der Waals surface area contributed by atoms with Crippen molar-refractivity contribution in [3.63, 3.8) is 0 Å². The number of nitrogens with one attached hydrogen (secondary N) is 1. The molecule has 12 heteroatoms. The Hall–Kier alpha value is -4.26. The van der Waals surface area contributed by atoms with Crippen LogP contribution in [0.5, 0.6) is 0 Å². The summed E-state index contributed by atoms with van der Waals surface area (Å²) in [5.74, 6) is -0.741. The molecule has 5 N–H and O–H groups in total. The van der Waals surface area contributed by atoms with Gasteiger partial charge in [0.05, 0.1) is 37.2 Å². The molecule has 0 amide bonds. The van der Waals surface area contributed by atoms with E-state index in [0.717, 1.165) is 84.7 Å². The summed E-state index contributed by atoms with van der Waals surface area (Å²) in [6.45, 7) is 5.23. The van der Waals surface area contributed by atoms with Gasteiger partial charge >= 0.3 is 0 Å². The number of halogens is 2. The molecule has 212 valence electrons. The normalized spacial score (nSPS) is 13.6. The number of benzene rings is 2. The minimum absolute atomic E-state index is 0.163. The molecule has 1 saturated heterocycles. The van der Waals surface area contributed by atoms with Crippen molar-refractivity contribution >= 4 is 35.0 Å². The number of aromatic nitrogens is 4. The molecule has 6 rings (SSSR count). The number of fused-ring (bicyclic) bond motifs is 1. The van der Waals surface area contributed by atoms with Crippen LogP contribution in [0, 0.1) is 11.6 Å². The molecule has 1 aliphatic heterocycles. The van der Waals surface area contributed by atoms with E-state index in [-0.39, 0.29) is 16.1 Å². The van der Waals surface area contributed by atoms with Crippen LogP contribution in [0.25, 0.3) is 33.2 Å². The van der Waals surface area contributed by atoms with E-state index in [0.29, 0.717) is 5.82 Å². The predicted molar refractivity (Wildman–Crippen MR) is 159 cm³/mol. The van der Waals surface area contributed by atoms with Gasteiger partial charge in [-0.3, -0.25) is 14.4 Å². The lowest BCUT2D eigenvalue weighted by Crippen LogP contribution is -2.38. The molecule has 0 saturated carbocycles. The van der Waals surface area contributed by atoms with E-state index in [1.54, 1.807) is 12.3 Å². The molecular formula is C29H29F2N7O2S. The molecule has 0 aliphatic carbocycles. The summed E-state index contributed by atoms with van der Waals surface area (Å²) >= 11 is 3.70. The zero-order valence-electron chi connectivity index (χ0n) is 22.1. The highest BCUT2D eigenvalue weighted by molar-refractivity contribution is 7.80. The first-order valence-electron chi connectivity index (χ1n) is 12.9. The van der Waals surface area contributed by atoms with E-state index >= 15 is 0 Å². The number of hydrogen-bond donors (Lipinski definition) is 4. The second kappa shape index (κ2) is 12.5. The second-order valence-corrected chi connectivity index (χ2v) is 10.0. The third kappa shape index (κ3) is 6.91. The number of anilines is 2. The summed E-state index contributed by atoms with van der Waals surface area (Å²) < 4.78 is 31.7. The van der Waals surface area contributed by atoms with Crippen LogP contribution in [0.15, 0.2) is 76.8 Å². The molecule has 0 spiro atoms. The molecule has 0 bridgehead atoms. The Balaban J connectivity index is 0.000000321. The van der Waals surface area contributed by atoms with Gasteiger partial charge in [-0.15, -0.1) is 12.6 Å². The van der Waals surface area contributed by atoms with Gasteiger partial charge in [0.1, 0.15) is 17.5 Å². The maximum absolute atomic E-state index is 12.3. The molecule has 9 nitrogen and oxygen atoms in total. The molecule has 1 fully saturated rings. The van der Waals surface area contributed by atoms with Crippen LogP contribution in [-0.2, 0) is 11.3 Å². The number of nitrogens with zero attached hydrogens (tertiary/aromatic N) is 4. The molecule has 0 unspecified atom stereocenters. The number of ether oxygens (including phenoxy) is 1. The Bertz CT molecular complexity index is 1730. The van der Waals surface area contributed by atoms with Gasteiger partial charge < -0.3 is 21.2 Å². The van der Waals surface area contributed by atoms with Crippen LogP contribution in [0.2, 0.25) is 0 Å². The molecule has 4 heterocycles. The maximum atomic E-state index is 12.3. The van der Waals surface area contributed by atoms with Crippen molar-refractivity contribution in [1.82, 2.24) is 24.6 Å². The Morgan fingerprint density at radius 2 is 1.78 bits per heavy atom. The summed E-state index contributed by atoms with van der Waals surface area (Å²) in [6.07, 6.45) is 5.49. The topological polar surface area (TPSA) is 128 Å². The zero-order chi connectivity index (χ0) is 28.9. The first-order chi connectivity index (χ1) is 19.8. The largest absolute Gasteiger partial charge is 0.394 e. The molecular weight excluding hydrogens is 548 g/mol. The van der Waals surface area contributed by atoms with Crippen LogP contribution in [0.4, 0.5) is 20.3 Å². The molecule has 0 radical (unpaired) electrons. The predicted octanol–water partition coefficient (Wildman–Crippen LogP) is 4.20. The van der Waals surface area contributed by atoms with Crippen LogP contribution >= 0.6 is 12.6 Å². The molecule has 5 aromatic rings. The number of morpholine rings is 1. The Morgan fingerprint density at radius 3 is 2.51 bits per heavy atom. The van der Waals surface area contributed by atoms with Crippen molar-refractivity contribution in [3.05, 3.63) is 89.1 Å². The van der Waals surface area contributed by atoms with E-state index < -0.39 is 11.6 Å². The smallest absolute Gasteiger partial charge is 0.271 e. The van der Waals surface area contributed by atoms with Gasteiger partial charge in [-0.25, -0.2) is 13.8 Å². The van der Waals surface area contributed by atoms with Crippen LogP contribution in [0.1, 0.15) is 0 Å². The van der Waals surface area contributed by atoms with Gasteiger partial charge in [0, 0.05) is 65.1 Å². The van der Waals surface area contributed by atoms with E-state index in [1.165, 1.54) is 6.07 Å². The number of thiol groups is 1. The fraction of sp³-hybridized carbons (Fsp3) is 0.207. The number of H-pyrrole nitrogens is 1. The third-order valence-electron chi connectivity index (χ3n) is 6.71. The molecule has 2 aromatic carbocycles. The highest BCUT2D eigenvalue weighted by atomic mass is 32.1. The van der Waals surface area contributed by atoms with E-state index in [2.05, 4.69) is 32.6 Å². The minimum atomic E-state index is -0.627. The lowest BCUT2D eigenvalue weighted by Gasteiger charge is -2.26. The molecule has 41 heavy (non-hydrogen) atoms. The maximum Gasteiger partial charge on any atom is 0.271 e. The number of aromatic amines is 1. The fourth-order valence-electron chi connectivity index (χ4n) is 4.45. The van der Waals surface area contributed by atoms with Gasteiger partial charge in [0.25, 0.3) is 5.56 Å². The summed E-state index contributed by atoms with van der Waals surface area (Å²) in [4.78, 5) is 21.4. The highest BCUT2D eigenvalue weighted by Gasteiger charge is 2.13. The van der Waals surface area contributed by atoms with Gasteiger partial charge in [-0.2, -0.15) is 5.10 Å². The van der Waals surface area contributed by atoms with Gasteiger partial charge in [0.15, 0.2) is 0 Å². The Morgan fingerprint density at radius 1 is 0.976 bits per heavy atom. The lowest BCUT2D eigenvalue weighted by molar-refractivity contribution is 0.0360. The van der Waals surface area contributed by atoms with Gasteiger partial charge in [-0.05, 0) is 42.0 Å². The average Bonchev–Trinajstić information content (AvgIpc) is 3.45. The van der Waals surface area contributed by atoms with Crippen molar-refractivity contribution in [3.8, 4) is 22.3 Å². The number of nitrogens with two attached hydrogens (primary N) is 2. The van der Waals surface area contributed by atoms with Crippen molar-refractivity contribution in [2.45, 2.75) is 11.4 Å². The highest BCUT2D eigenvalue weighted by Crippen LogP contribution is 2.30. The zero-order valence-corrected chi connectivity index (χ0v) is 23.0. The lowest BCUT2D eigenvalue weighted by atomic mass is 10.0. The summed E-state index contributed by atoms with van der Waals surface area (Å²) in [5.41, 5.74) is 16.3. The standard InChI is InChI=1S/C23H25N7O2.C6H4F2S/c24-20-11-17(12-26-23(20)31)15-1-2-21-16(9-15)10-19(22(25)28-21)18-13-27-30(14-18)4-3-29-5-7-32-8-6-29;7-4-1-2-6(9)5(8)3-4/h1-2,9-14H,3-8,24H2,(H2,25,28)(H,26,31);1-3,9H. The fourth-order valence-corrected chi connectivity index (χ4v) is 4.58. The van der Waals surface area contributed by atoms with Crippen molar-refractivity contribution in [2.24, 2.45) is 0 Å². The van der Waals surface area contributed by atoms with E-state index in [1.807, 2.05) is 41.3 Å². The number of rotatable bonds is 5. The SMILES string of the molecule is Fc1ccc(S)c(F)c1.Nc1nc2ccc(-c3c[nH]c(=O)c(N)c3)cc2cc1-c1cnn(CCN2CCOCC2)c1. The molecule has 0 atom stereocenters. The van der Waals surface area contributed by atoms with Crippen LogP contribution < -0.4 is 17.0 Å². The van der Waals surface area contributed by atoms with Crippen molar-refractivity contribution in [2.75, 3.05) is 44.3 Å². The number of nitrogen functional groups attached to an aromatic ring is 2. The third-order valence-corrected chi connectivity index (χ3v) is 7.08. The molecule has 1 aliphatic rings. The summed E-state index contributed by atoms with van der Waals surface area (Å²) in [7, 11) is 0. The number of hydrogen-bond acceptors (Lipinski definition) is 8. The second-order valence-electron chi connectivity index (χ2n) is 9.54. The van der Waals surface area contributed by atoms with Crippen LogP contribution in [-0.4, -0.2) is 57.5 Å². The average molecular weight is 578 g/mol. The minimum Gasteiger partial charge on any atom is -0.394 e. The van der Waals surface area contributed by atoms with Gasteiger partial charge in [0.2, 0.25) is 0 Å². The number of pyridine rings is 2. The molecule has 3 aromatic heterocycles. The first kappa shape index (κ1) is 28.3. The van der Waals surface area contributed by atoms with Crippen LogP contribution in [0.3, 0.4) is 0 Å². The quantitative estimate of drug-likeness (QED) is 0.231. The van der Waals surface area contributed by atoms with Gasteiger partial charge in [-0.1, -0.05) is 6.07 Å². The summed E-state index contributed by atoms with van der Waals surface area (Å²) in [5, 5.41) is 5.45. The monoisotopic (exact) mass is 577 g/mol. The van der Waals surface area contributed by atoms with E-state index in [9.17, 15) is 13.6 Å².